The molecule has 8 nitrogen and oxygen atoms in total. The molecule has 0 saturated heterocycles. The Hall–Kier alpha value is -3.86. The van der Waals surface area contributed by atoms with Crippen LogP contribution in [0.25, 0.3) is 17.0 Å². The maximum Gasteiger partial charge on any atom is 0.250 e. The Morgan fingerprint density at radius 1 is 1.16 bits per heavy atom. The first-order valence-corrected chi connectivity index (χ1v) is 9.92. The molecule has 1 N–H and O–H groups in total. The van der Waals surface area contributed by atoms with Crippen molar-refractivity contribution in [3.8, 4) is 17.0 Å². The zero-order chi connectivity index (χ0) is 21.6. The second-order valence-electron chi connectivity index (χ2n) is 6.12. The first-order chi connectivity index (χ1) is 15.1. The lowest BCUT2D eigenvalue weighted by Crippen LogP contribution is -2.19. The number of nitrogens with zero attached hydrogens (tertiary/aromatic N) is 5. The number of carbonyl (C=O) groups is 1. The van der Waals surface area contributed by atoms with Crippen LogP contribution in [-0.4, -0.2) is 38.1 Å². The quantitative estimate of drug-likeness (QED) is 0.269. The molecule has 11 heteroatoms. The predicted molar refractivity (Wildman–Crippen MR) is 110 cm³/mol. The van der Waals surface area contributed by atoms with Gasteiger partial charge in [0.1, 0.15) is 23.2 Å². The van der Waals surface area contributed by atoms with Gasteiger partial charge in [0.05, 0.1) is 23.2 Å². The smallest absolute Gasteiger partial charge is 0.250 e. The maximum absolute atomic E-state index is 13.8. The van der Waals surface area contributed by atoms with Crippen LogP contribution >= 0.6 is 11.8 Å². The minimum absolute atomic E-state index is 0.0365. The fourth-order valence-corrected chi connectivity index (χ4v) is 3.27. The van der Waals surface area contributed by atoms with E-state index in [-0.39, 0.29) is 23.0 Å². The normalized spacial score (nSPS) is 11.2. The highest BCUT2D eigenvalue weighted by Gasteiger charge is 2.12. The molecule has 0 spiro atoms. The van der Waals surface area contributed by atoms with Crippen LogP contribution in [0.15, 0.2) is 75.3 Å². The predicted octanol–water partition coefficient (Wildman–Crippen LogP) is 3.44. The Balaban J connectivity index is 1.32. The average molecular weight is 440 g/mol. The second kappa shape index (κ2) is 9.30. The summed E-state index contributed by atoms with van der Waals surface area (Å²) in [6.07, 6.45) is 1.28. The molecule has 2 aromatic carbocycles. The van der Waals surface area contributed by atoms with Crippen LogP contribution in [0.5, 0.6) is 0 Å². The number of hydrogen-bond acceptors (Lipinski definition) is 7. The lowest BCUT2D eigenvalue weighted by Gasteiger charge is -2.03. The number of rotatable bonds is 7. The summed E-state index contributed by atoms with van der Waals surface area (Å²) in [5.74, 6) is -1.24. The number of nitrogens with one attached hydrogen (secondary N) is 1. The van der Waals surface area contributed by atoms with Crippen molar-refractivity contribution in [2.24, 2.45) is 5.10 Å². The molecule has 4 rings (SSSR count). The van der Waals surface area contributed by atoms with Gasteiger partial charge in [0.25, 0.3) is 5.91 Å². The molecular weight excluding hydrogens is 426 g/mol. The largest absolute Gasteiger partial charge is 0.455 e. The Kier molecular flexibility index (Phi) is 6.13. The van der Waals surface area contributed by atoms with E-state index in [4.69, 9.17) is 4.42 Å². The Morgan fingerprint density at radius 2 is 2.00 bits per heavy atom. The van der Waals surface area contributed by atoms with E-state index in [1.165, 1.54) is 23.0 Å². The summed E-state index contributed by atoms with van der Waals surface area (Å²) < 4.78 is 33.8. The zero-order valence-corrected chi connectivity index (χ0v) is 16.6. The van der Waals surface area contributed by atoms with Crippen LogP contribution in [0.2, 0.25) is 0 Å². The summed E-state index contributed by atoms with van der Waals surface area (Å²) in [6, 6.07) is 15.6. The van der Waals surface area contributed by atoms with Gasteiger partial charge in [-0.1, -0.05) is 30.0 Å². The number of amides is 1. The molecule has 4 aromatic rings. The minimum atomic E-state index is -0.735. The third kappa shape index (κ3) is 5.01. The van der Waals surface area contributed by atoms with Crippen molar-refractivity contribution in [3.63, 3.8) is 0 Å². The molecule has 0 aliphatic carbocycles. The summed E-state index contributed by atoms with van der Waals surface area (Å²) in [5.41, 5.74) is 3.27. The number of furan rings is 1. The van der Waals surface area contributed by atoms with Crippen LogP contribution < -0.4 is 5.43 Å². The molecule has 2 aromatic heterocycles. The molecular formula is C20H14F2N6O2S. The fraction of sp³-hybridized carbons (Fsp3) is 0.0500. The van der Waals surface area contributed by atoms with E-state index in [9.17, 15) is 13.6 Å². The summed E-state index contributed by atoms with van der Waals surface area (Å²) in [4.78, 5) is 12.0. The third-order valence-corrected chi connectivity index (χ3v) is 4.90. The number of hydrogen-bond donors (Lipinski definition) is 1. The highest BCUT2D eigenvalue weighted by Crippen LogP contribution is 2.25. The Labute approximate surface area is 179 Å². The maximum atomic E-state index is 13.8. The number of hydrazone groups is 1. The first kappa shape index (κ1) is 20.4. The number of carbonyl (C=O) groups excluding carboxylic acids is 1. The number of para-hydroxylation sites is 1. The lowest BCUT2D eigenvalue weighted by molar-refractivity contribution is -0.118. The Morgan fingerprint density at radius 3 is 2.81 bits per heavy atom. The van der Waals surface area contributed by atoms with Crippen LogP contribution in [0, 0.1) is 11.6 Å². The molecule has 0 saturated carbocycles. The number of halogens is 2. The van der Waals surface area contributed by atoms with Gasteiger partial charge < -0.3 is 4.42 Å². The summed E-state index contributed by atoms with van der Waals surface area (Å²) >= 11 is 1.15. The number of thioether (sulfide) groups is 1. The third-order valence-electron chi connectivity index (χ3n) is 3.98. The monoisotopic (exact) mass is 440 g/mol. The van der Waals surface area contributed by atoms with Crippen molar-refractivity contribution in [3.05, 3.63) is 78.1 Å². The molecule has 0 radical (unpaired) electrons. The van der Waals surface area contributed by atoms with E-state index < -0.39 is 11.6 Å². The van der Waals surface area contributed by atoms with E-state index >= 15 is 0 Å². The van der Waals surface area contributed by atoms with Gasteiger partial charge in [0.2, 0.25) is 5.16 Å². The van der Waals surface area contributed by atoms with Gasteiger partial charge in [-0.05, 0) is 46.8 Å². The van der Waals surface area contributed by atoms with Gasteiger partial charge in [0, 0.05) is 6.07 Å². The van der Waals surface area contributed by atoms with Crippen molar-refractivity contribution >= 4 is 23.9 Å². The molecule has 31 heavy (non-hydrogen) atoms. The summed E-state index contributed by atoms with van der Waals surface area (Å²) in [7, 11) is 0. The highest BCUT2D eigenvalue weighted by atomic mass is 32.2. The van der Waals surface area contributed by atoms with Crippen molar-refractivity contribution in [1.82, 2.24) is 25.6 Å². The second-order valence-corrected chi connectivity index (χ2v) is 7.06. The van der Waals surface area contributed by atoms with Gasteiger partial charge >= 0.3 is 0 Å². The highest BCUT2D eigenvalue weighted by molar-refractivity contribution is 7.99. The average Bonchev–Trinajstić information content (AvgIpc) is 3.42. The van der Waals surface area contributed by atoms with Gasteiger partial charge in [-0.25, -0.2) is 14.2 Å². The van der Waals surface area contributed by atoms with Crippen molar-refractivity contribution < 1.29 is 18.0 Å². The van der Waals surface area contributed by atoms with Gasteiger partial charge in [0.15, 0.2) is 0 Å². The molecule has 0 atom stereocenters. The zero-order valence-electron chi connectivity index (χ0n) is 15.8. The van der Waals surface area contributed by atoms with E-state index in [2.05, 4.69) is 26.1 Å². The fourth-order valence-electron chi connectivity index (χ4n) is 2.59. The molecule has 0 aliphatic rings. The lowest BCUT2D eigenvalue weighted by atomic mass is 10.1. The Bertz CT molecular complexity index is 1230. The SMILES string of the molecule is O=C(CSc1nnnn1-c1ccccc1)N/N=C/c1ccc(-c2ccc(F)cc2F)o1. The van der Waals surface area contributed by atoms with Gasteiger partial charge in [-0.3, -0.25) is 4.79 Å². The molecule has 0 unspecified atom stereocenters. The van der Waals surface area contributed by atoms with Crippen LogP contribution in [-0.2, 0) is 4.79 Å². The molecule has 0 fully saturated rings. The first-order valence-electron chi connectivity index (χ1n) is 8.94. The van der Waals surface area contributed by atoms with Crippen LogP contribution in [0.1, 0.15) is 5.76 Å². The minimum Gasteiger partial charge on any atom is -0.455 e. The van der Waals surface area contributed by atoms with Crippen LogP contribution in [0.4, 0.5) is 8.78 Å². The number of tetrazole rings is 1. The standard InChI is InChI=1S/C20H14F2N6O2S/c21-13-6-8-16(17(22)10-13)18-9-7-15(30-18)11-23-24-19(29)12-31-20-25-26-27-28(20)14-4-2-1-3-5-14/h1-11H,12H2,(H,24,29)/b23-11+. The number of aromatic nitrogens is 4. The van der Waals surface area contributed by atoms with Gasteiger partial charge in [-0.2, -0.15) is 9.78 Å². The van der Waals surface area contributed by atoms with Crippen LogP contribution in [0.3, 0.4) is 0 Å². The van der Waals surface area contributed by atoms with E-state index in [1.54, 1.807) is 6.07 Å². The number of benzene rings is 2. The van der Waals surface area contributed by atoms with E-state index in [1.807, 2.05) is 30.3 Å². The molecule has 0 aliphatic heterocycles. The van der Waals surface area contributed by atoms with E-state index in [0.717, 1.165) is 29.6 Å². The summed E-state index contributed by atoms with van der Waals surface area (Å²) in [5, 5.41) is 15.8. The van der Waals surface area contributed by atoms with E-state index in [0.29, 0.717) is 10.9 Å². The summed E-state index contributed by atoms with van der Waals surface area (Å²) in [6.45, 7) is 0. The molecule has 2 heterocycles. The molecule has 0 bridgehead atoms. The van der Waals surface area contributed by atoms with Gasteiger partial charge in [-0.15, -0.1) is 5.10 Å². The molecule has 156 valence electrons. The van der Waals surface area contributed by atoms with Crippen molar-refractivity contribution in [1.29, 1.82) is 0 Å². The molecule has 1 amide bonds. The topological polar surface area (TPSA) is 98.2 Å². The van der Waals surface area contributed by atoms with Crippen molar-refractivity contribution in [2.75, 3.05) is 5.75 Å². The van der Waals surface area contributed by atoms with Crippen molar-refractivity contribution in [2.45, 2.75) is 5.16 Å².